The number of anilines is 2. The number of hydrogen-bond donors (Lipinski definition) is 3. The second-order valence-electron chi connectivity index (χ2n) is 11.4. The largest absolute Gasteiger partial charge is 0.506 e. The SMILES string of the molecule is CCCCCCCCCCCCOc1ccc(S(=O)(=O)C(CC)C(=O)Nc2cc(O)c(NC(=O)c3ccc(Cl)c(Cl)c3)cc2Cl)cc1. The van der Waals surface area contributed by atoms with Gasteiger partial charge in [-0.25, -0.2) is 8.42 Å². The summed E-state index contributed by atoms with van der Waals surface area (Å²) in [7, 11) is -4.07. The third-order valence-corrected chi connectivity index (χ3v) is 11.0. The summed E-state index contributed by atoms with van der Waals surface area (Å²) in [5, 5.41) is 14.6. The Bertz CT molecular complexity index is 1600. The van der Waals surface area contributed by atoms with E-state index in [0.717, 1.165) is 18.9 Å². The molecule has 0 saturated carbocycles. The van der Waals surface area contributed by atoms with Crippen LogP contribution in [0.3, 0.4) is 0 Å². The Labute approximate surface area is 293 Å². The number of nitrogens with one attached hydrogen (secondary N) is 2. The van der Waals surface area contributed by atoms with Gasteiger partial charge in [-0.15, -0.1) is 0 Å². The molecule has 0 radical (unpaired) electrons. The number of sulfone groups is 1. The predicted molar refractivity (Wildman–Crippen MR) is 191 cm³/mol. The Morgan fingerprint density at radius 2 is 1.36 bits per heavy atom. The molecule has 0 aliphatic carbocycles. The summed E-state index contributed by atoms with van der Waals surface area (Å²) < 4.78 is 32.6. The molecule has 0 aliphatic rings. The Hall–Kier alpha value is -2.98. The molecule has 3 N–H and O–H groups in total. The Kier molecular flexibility index (Phi) is 15.7. The number of amides is 2. The van der Waals surface area contributed by atoms with Crippen LogP contribution in [0.1, 0.15) is 94.8 Å². The smallest absolute Gasteiger partial charge is 0.255 e. The number of rotatable bonds is 19. The van der Waals surface area contributed by atoms with Crippen LogP contribution in [-0.4, -0.2) is 37.2 Å². The molecule has 0 fully saturated rings. The van der Waals surface area contributed by atoms with Gasteiger partial charge in [0.15, 0.2) is 9.84 Å². The van der Waals surface area contributed by atoms with E-state index in [2.05, 4.69) is 17.6 Å². The van der Waals surface area contributed by atoms with Gasteiger partial charge in [0.2, 0.25) is 5.91 Å². The summed E-state index contributed by atoms with van der Waals surface area (Å²) in [5.41, 5.74) is 0.141. The number of phenolic OH excluding ortho intramolecular Hbond substituents is 1. The van der Waals surface area contributed by atoms with Crippen LogP contribution >= 0.6 is 34.8 Å². The van der Waals surface area contributed by atoms with Gasteiger partial charge < -0.3 is 20.5 Å². The minimum atomic E-state index is -4.07. The molecule has 1 atom stereocenters. The monoisotopic (exact) mass is 724 g/mol. The topological polar surface area (TPSA) is 122 Å². The molecule has 1 unspecified atom stereocenters. The van der Waals surface area contributed by atoms with Crippen LogP contribution in [0, 0.1) is 0 Å². The fourth-order valence-electron chi connectivity index (χ4n) is 5.02. The fourth-order valence-corrected chi connectivity index (χ4v) is 7.15. The summed E-state index contributed by atoms with van der Waals surface area (Å²) >= 11 is 18.2. The number of phenols is 1. The van der Waals surface area contributed by atoms with Gasteiger partial charge in [0, 0.05) is 11.6 Å². The van der Waals surface area contributed by atoms with E-state index in [1.54, 1.807) is 19.1 Å². The summed E-state index contributed by atoms with van der Waals surface area (Å²) in [5.74, 6) is -1.24. The lowest BCUT2D eigenvalue weighted by atomic mass is 10.1. The van der Waals surface area contributed by atoms with E-state index in [4.69, 9.17) is 39.5 Å². The van der Waals surface area contributed by atoms with Crippen molar-refractivity contribution in [2.45, 2.75) is 94.6 Å². The second-order valence-corrected chi connectivity index (χ2v) is 14.7. The van der Waals surface area contributed by atoms with Gasteiger partial charge in [0.05, 0.1) is 37.9 Å². The van der Waals surface area contributed by atoms with E-state index in [1.165, 1.54) is 87.8 Å². The number of aromatic hydroxyl groups is 1. The van der Waals surface area contributed by atoms with E-state index in [-0.39, 0.29) is 43.3 Å². The normalized spacial score (nSPS) is 12.0. The molecule has 256 valence electrons. The lowest BCUT2D eigenvalue weighted by Crippen LogP contribution is -2.34. The van der Waals surface area contributed by atoms with E-state index in [1.807, 2.05) is 0 Å². The Balaban J connectivity index is 1.54. The van der Waals surface area contributed by atoms with Gasteiger partial charge in [-0.05, 0) is 61.4 Å². The zero-order chi connectivity index (χ0) is 34.4. The molecule has 3 rings (SSSR count). The Morgan fingerprint density at radius 3 is 1.96 bits per heavy atom. The fraction of sp³-hybridized carbons (Fsp3) is 0.429. The zero-order valence-corrected chi connectivity index (χ0v) is 29.9. The van der Waals surface area contributed by atoms with Crippen molar-refractivity contribution in [1.29, 1.82) is 0 Å². The predicted octanol–water partition coefficient (Wildman–Crippen LogP) is 10.1. The Morgan fingerprint density at radius 1 is 0.745 bits per heavy atom. The molecule has 0 bridgehead atoms. The van der Waals surface area contributed by atoms with Gasteiger partial charge in [-0.2, -0.15) is 0 Å². The molecule has 2 amide bonds. The van der Waals surface area contributed by atoms with Crippen molar-refractivity contribution in [2.75, 3.05) is 17.2 Å². The van der Waals surface area contributed by atoms with Crippen molar-refractivity contribution in [2.24, 2.45) is 0 Å². The molecular formula is C35H43Cl3N2O6S. The minimum absolute atomic E-state index is 0.00739. The molecule has 0 spiro atoms. The number of halogens is 3. The van der Waals surface area contributed by atoms with E-state index >= 15 is 0 Å². The zero-order valence-electron chi connectivity index (χ0n) is 26.8. The van der Waals surface area contributed by atoms with Gasteiger partial charge >= 0.3 is 0 Å². The third-order valence-electron chi connectivity index (χ3n) is 7.73. The second kappa shape index (κ2) is 19.1. The van der Waals surface area contributed by atoms with Crippen LogP contribution in [-0.2, 0) is 14.6 Å². The summed E-state index contributed by atoms with van der Waals surface area (Å²) in [6.45, 7) is 4.37. The highest BCUT2D eigenvalue weighted by Crippen LogP contribution is 2.35. The van der Waals surface area contributed by atoms with E-state index < -0.39 is 32.7 Å². The van der Waals surface area contributed by atoms with Crippen LogP contribution in [0.15, 0.2) is 59.5 Å². The molecule has 0 heterocycles. The first-order valence-electron chi connectivity index (χ1n) is 16.0. The van der Waals surface area contributed by atoms with Crippen molar-refractivity contribution >= 4 is 67.8 Å². The van der Waals surface area contributed by atoms with Gasteiger partial charge in [0.1, 0.15) is 16.7 Å². The highest BCUT2D eigenvalue weighted by molar-refractivity contribution is 7.92. The number of benzene rings is 3. The number of ether oxygens (including phenoxy) is 1. The summed E-state index contributed by atoms with van der Waals surface area (Å²) in [6.07, 6.45) is 12.3. The summed E-state index contributed by atoms with van der Waals surface area (Å²) in [6, 6.07) is 12.7. The average molecular weight is 726 g/mol. The van der Waals surface area contributed by atoms with Crippen molar-refractivity contribution < 1.29 is 27.9 Å². The van der Waals surface area contributed by atoms with Crippen molar-refractivity contribution in [1.82, 2.24) is 0 Å². The first kappa shape index (κ1) is 38.5. The van der Waals surface area contributed by atoms with Crippen LogP contribution in [0.2, 0.25) is 15.1 Å². The maximum Gasteiger partial charge on any atom is 0.255 e. The molecule has 0 saturated heterocycles. The summed E-state index contributed by atoms with van der Waals surface area (Å²) in [4.78, 5) is 25.8. The van der Waals surface area contributed by atoms with Crippen LogP contribution in [0.25, 0.3) is 0 Å². The first-order chi connectivity index (χ1) is 22.5. The molecule has 0 aromatic heterocycles. The average Bonchev–Trinajstić information content (AvgIpc) is 3.04. The van der Waals surface area contributed by atoms with Gasteiger partial charge in [-0.1, -0.05) is 106 Å². The van der Waals surface area contributed by atoms with Gasteiger partial charge in [0.25, 0.3) is 5.91 Å². The van der Waals surface area contributed by atoms with E-state index in [0.29, 0.717) is 12.4 Å². The molecular weight excluding hydrogens is 683 g/mol. The maximum absolute atomic E-state index is 13.4. The number of carbonyl (C=O) groups is 2. The maximum atomic E-state index is 13.4. The standard InChI is InChI=1S/C35H43Cl3N2O6S/c1-3-5-6-7-8-9-10-11-12-13-20-46-25-15-17-26(18-16-25)47(44,45)33(4-2)35(43)39-30-23-32(41)31(22-29(30)38)40-34(42)24-14-19-27(36)28(37)21-24/h14-19,21-23,33,41H,3-13,20H2,1-2H3,(H,39,43)(H,40,42). The highest BCUT2D eigenvalue weighted by atomic mass is 35.5. The van der Waals surface area contributed by atoms with Crippen LogP contribution < -0.4 is 15.4 Å². The number of unbranched alkanes of at least 4 members (excludes halogenated alkanes) is 9. The van der Waals surface area contributed by atoms with Gasteiger partial charge in [-0.3, -0.25) is 9.59 Å². The van der Waals surface area contributed by atoms with Crippen LogP contribution in [0.5, 0.6) is 11.5 Å². The van der Waals surface area contributed by atoms with E-state index in [9.17, 15) is 23.1 Å². The van der Waals surface area contributed by atoms with Crippen molar-refractivity contribution in [3.63, 3.8) is 0 Å². The number of hydrogen-bond acceptors (Lipinski definition) is 6. The lowest BCUT2D eigenvalue weighted by Gasteiger charge is -2.18. The quantitative estimate of drug-likeness (QED) is 0.0835. The molecule has 8 nitrogen and oxygen atoms in total. The van der Waals surface area contributed by atoms with Crippen LogP contribution in [0.4, 0.5) is 11.4 Å². The molecule has 47 heavy (non-hydrogen) atoms. The molecule has 0 aliphatic heterocycles. The number of carbonyl (C=O) groups excluding carboxylic acids is 2. The van der Waals surface area contributed by atoms with Crippen molar-refractivity contribution in [3.05, 3.63) is 75.2 Å². The molecule has 3 aromatic carbocycles. The highest BCUT2D eigenvalue weighted by Gasteiger charge is 2.33. The third kappa shape index (κ3) is 11.6. The first-order valence-corrected chi connectivity index (χ1v) is 18.7. The molecule has 3 aromatic rings. The molecule has 12 heteroatoms. The lowest BCUT2D eigenvalue weighted by molar-refractivity contribution is -0.115. The minimum Gasteiger partial charge on any atom is -0.506 e. The van der Waals surface area contributed by atoms with Crippen molar-refractivity contribution in [3.8, 4) is 11.5 Å².